The molecule has 0 heterocycles. The van der Waals surface area contributed by atoms with Crippen molar-refractivity contribution in [2.24, 2.45) is 0 Å². The fourth-order valence-electron chi connectivity index (χ4n) is 1.66. The molecule has 2 aromatic carbocycles. The predicted octanol–water partition coefficient (Wildman–Crippen LogP) is 3.51. The van der Waals surface area contributed by atoms with E-state index in [1.807, 2.05) is 30.3 Å². The topological polar surface area (TPSA) is 18.5 Å². The average molecular weight is 223 g/mol. The van der Waals surface area contributed by atoms with E-state index in [4.69, 9.17) is 21.1 Å². The third-order valence-electron chi connectivity index (χ3n) is 2.35. The summed E-state index contributed by atoms with van der Waals surface area (Å²) in [6.07, 6.45) is 0. The molecule has 0 radical (unpaired) electrons. The van der Waals surface area contributed by atoms with Crippen molar-refractivity contribution in [2.75, 3.05) is 14.2 Å². The van der Waals surface area contributed by atoms with Gasteiger partial charge in [0.05, 0.1) is 19.2 Å². The Morgan fingerprint density at radius 2 is 1.73 bits per heavy atom. The smallest absolute Gasteiger partial charge is 0.145 e. The summed E-state index contributed by atoms with van der Waals surface area (Å²) in [5.41, 5.74) is 0. The fraction of sp³-hybridized carbons (Fsp3) is 0.167. The van der Waals surface area contributed by atoms with Crippen LogP contribution in [0.1, 0.15) is 0 Å². The van der Waals surface area contributed by atoms with Crippen LogP contribution in [0.25, 0.3) is 10.8 Å². The molecule has 2 aromatic rings. The molecule has 0 N–H and O–H groups in total. The lowest BCUT2D eigenvalue weighted by Crippen LogP contribution is -1.89. The van der Waals surface area contributed by atoms with Crippen LogP contribution in [0.15, 0.2) is 30.3 Å². The molecule has 2 rings (SSSR count). The van der Waals surface area contributed by atoms with Crippen LogP contribution in [-0.2, 0) is 0 Å². The molecule has 78 valence electrons. The summed E-state index contributed by atoms with van der Waals surface area (Å²) >= 11 is 6.03. The van der Waals surface area contributed by atoms with Crippen LogP contribution in [-0.4, -0.2) is 14.2 Å². The summed E-state index contributed by atoms with van der Waals surface area (Å²) in [5, 5.41) is 2.57. The van der Waals surface area contributed by atoms with Gasteiger partial charge in [0.2, 0.25) is 0 Å². The summed E-state index contributed by atoms with van der Waals surface area (Å²) in [6, 6.07) is 9.53. The zero-order valence-electron chi connectivity index (χ0n) is 8.58. The third kappa shape index (κ3) is 1.61. The molecule has 0 atom stereocenters. The Morgan fingerprint density at radius 1 is 0.933 bits per heavy atom. The molecule has 0 aromatic heterocycles. The number of halogens is 1. The monoisotopic (exact) mass is 222 g/mol. The third-order valence-corrected chi connectivity index (χ3v) is 2.65. The number of fused-ring (bicyclic) bond motifs is 1. The number of hydrogen-bond donors (Lipinski definition) is 0. The first kappa shape index (κ1) is 10.1. The molecule has 0 saturated heterocycles. The van der Waals surface area contributed by atoms with E-state index in [-0.39, 0.29) is 0 Å². The Bertz CT molecular complexity index is 494. The molecule has 0 amide bonds. The van der Waals surface area contributed by atoms with Gasteiger partial charge in [-0.25, -0.2) is 0 Å². The number of rotatable bonds is 2. The van der Waals surface area contributed by atoms with Gasteiger partial charge in [-0.1, -0.05) is 23.7 Å². The molecule has 0 aliphatic rings. The number of ether oxygens (including phenoxy) is 2. The number of benzene rings is 2. The molecule has 2 nitrogen and oxygen atoms in total. The van der Waals surface area contributed by atoms with Crippen LogP contribution in [0.4, 0.5) is 0 Å². The highest BCUT2D eigenvalue weighted by atomic mass is 35.5. The van der Waals surface area contributed by atoms with E-state index in [0.29, 0.717) is 10.8 Å². The maximum Gasteiger partial charge on any atom is 0.145 e. The first-order valence-corrected chi connectivity index (χ1v) is 4.95. The Balaban J connectivity index is 2.82. The fourth-order valence-corrected chi connectivity index (χ4v) is 1.90. The van der Waals surface area contributed by atoms with Gasteiger partial charge in [0.1, 0.15) is 11.5 Å². The Kier molecular flexibility index (Phi) is 2.69. The van der Waals surface area contributed by atoms with Crippen molar-refractivity contribution in [3.63, 3.8) is 0 Å². The van der Waals surface area contributed by atoms with Gasteiger partial charge in [-0.05, 0) is 18.2 Å². The molecular formula is C12H11ClO2. The lowest BCUT2D eigenvalue weighted by molar-refractivity contribution is 0.415. The highest BCUT2D eigenvalue weighted by Crippen LogP contribution is 2.36. The van der Waals surface area contributed by atoms with Gasteiger partial charge < -0.3 is 9.47 Å². The lowest BCUT2D eigenvalue weighted by Gasteiger charge is -2.10. The SMILES string of the molecule is COc1cccc2c(OC)c(Cl)ccc12. The molecular weight excluding hydrogens is 212 g/mol. The highest BCUT2D eigenvalue weighted by molar-refractivity contribution is 6.33. The standard InChI is InChI=1S/C12H11ClO2/c1-14-11-5-3-4-9-8(11)6-7-10(13)12(9)15-2/h3-7H,1-2H3. The second kappa shape index (κ2) is 3.99. The maximum atomic E-state index is 6.03. The van der Waals surface area contributed by atoms with Crippen molar-refractivity contribution in [2.45, 2.75) is 0 Å². The minimum atomic E-state index is 0.609. The van der Waals surface area contributed by atoms with Crippen LogP contribution in [0.3, 0.4) is 0 Å². The van der Waals surface area contributed by atoms with E-state index in [1.165, 1.54) is 0 Å². The highest BCUT2D eigenvalue weighted by Gasteiger charge is 2.08. The number of methoxy groups -OCH3 is 2. The quantitative estimate of drug-likeness (QED) is 0.774. The van der Waals surface area contributed by atoms with Gasteiger partial charge >= 0.3 is 0 Å². The van der Waals surface area contributed by atoms with Crippen LogP contribution in [0.2, 0.25) is 5.02 Å². The largest absolute Gasteiger partial charge is 0.496 e. The average Bonchev–Trinajstić information content (AvgIpc) is 2.28. The number of hydrogen-bond acceptors (Lipinski definition) is 2. The molecule has 15 heavy (non-hydrogen) atoms. The minimum absolute atomic E-state index is 0.609. The summed E-state index contributed by atoms with van der Waals surface area (Å²) in [7, 11) is 3.26. The van der Waals surface area contributed by atoms with Gasteiger partial charge in [-0.2, -0.15) is 0 Å². The van der Waals surface area contributed by atoms with E-state index in [0.717, 1.165) is 16.5 Å². The van der Waals surface area contributed by atoms with Crippen LogP contribution in [0.5, 0.6) is 11.5 Å². The van der Waals surface area contributed by atoms with E-state index >= 15 is 0 Å². The second-order valence-corrected chi connectivity index (χ2v) is 3.54. The molecule has 0 spiro atoms. The van der Waals surface area contributed by atoms with E-state index in [1.54, 1.807) is 14.2 Å². The van der Waals surface area contributed by atoms with Crippen molar-refractivity contribution in [1.82, 2.24) is 0 Å². The zero-order valence-corrected chi connectivity index (χ0v) is 9.34. The van der Waals surface area contributed by atoms with Crippen molar-refractivity contribution in [3.8, 4) is 11.5 Å². The lowest BCUT2D eigenvalue weighted by atomic mass is 10.1. The van der Waals surface area contributed by atoms with Crippen LogP contribution in [0, 0.1) is 0 Å². The molecule has 3 heteroatoms. The Labute approximate surface area is 93.4 Å². The molecule has 0 fully saturated rings. The minimum Gasteiger partial charge on any atom is -0.496 e. The van der Waals surface area contributed by atoms with Crippen molar-refractivity contribution in [3.05, 3.63) is 35.4 Å². The molecule has 0 bridgehead atoms. The summed E-state index contributed by atoms with van der Waals surface area (Å²) in [6.45, 7) is 0. The van der Waals surface area contributed by atoms with Gasteiger partial charge in [0.15, 0.2) is 0 Å². The van der Waals surface area contributed by atoms with E-state index in [2.05, 4.69) is 0 Å². The van der Waals surface area contributed by atoms with Crippen LogP contribution >= 0.6 is 11.6 Å². The first-order chi connectivity index (χ1) is 7.27. The van der Waals surface area contributed by atoms with Crippen molar-refractivity contribution >= 4 is 22.4 Å². The van der Waals surface area contributed by atoms with Gasteiger partial charge in [-0.3, -0.25) is 0 Å². The normalized spacial score (nSPS) is 10.3. The van der Waals surface area contributed by atoms with Gasteiger partial charge in [0.25, 0.3) is 0 Å². The Hall–Kier alpha value is -1.41. The van der Waals surface area contributed by atoms with Gasteiger partial charge in [0, 0.05) is 10.8 Å². The summed E-state index contributed by atoms with van der Waals surface area (Å²) in [4.78, 5) is 0. The predicted molar refractivity (Wildman–Crippen MR) is 62.1 cm³/mol. The van der Waals surface area contributed by atoms with Gasteiger partial charge in [-0.15, -0.1) is 0 Å². The molecule has 0 aliphatic carbocycles. The molecule has 0 saturated carbocycles. The first-order valence-electron chi connectivity index (χ1n) is 4.57. The maximum absolute atomic E-state index is 6.03. The summed E-state index contributed by atoms with van der Waals surface area (Å²) < 4.78 is 10.5. The van der Waals surface area contributed by atoms with E-state index < -0.39 is 0 Å². The van der Waals surface area contributed by atoms with Crippen molar-refractivity contribution < 1.29 is 9.47 Å². The molecule has 0 aliphatic heterocycles. The second-order valence-electron chi connectivity index (χ2n) is 3.14. The Morgan fingerprint density at radius 3 is 2.40 bits per heavy atom. The molecule has 0 unspecified atom stereocenters. The van der Waals surface area contributed by atoms with Crippen LogP contribution < -0.4 is 9.47 Å². The summed E-state index contributed by atoms with van der Waals surface area (Å²) in [5.74, 6) is 1.51. The van der Waals surface area contributed by atoms with E-state index in [9.17, 15) is 0 Å². The van der Waals surface area contributed by atoms with Crippen molar-refractivity contribution in [1.29, 1.82) is 0 Å². The zero-order chi connectivity index (χ0) is 10.8.